The molecule has 29 heavy (non-hydrogen) atoms. The molecule has 2 aromatic rings. The molecule has 0 spiro atoms. The number of guanidine groups is 1. The largest absolute Gasteiger partial charge is 0.493 e. The van der Waals surface area contributed by atoms with Gasteiger partial charge in [0.15, 0.2) is 17.5 Å². The zero-order valence-electron chi connectivity index (χ0n) is 17.1. The van der Waals surface area contributed by atoms with Crippen molar-refractivity contribution in [1.29, 1.82) is 0 Å². The van der Waals surface area contributed by atoms with Gasteiger partial charge in [0.1, 0.15) is 5.15 Å². The molecule has 0 aliphatic heterocycles. The Morgan fingerprint density at radius 2 is 1.66 bits per heavy atom. The van der Waals surface area contributed by atoms with Crippen LogP contribution in [0.2, 0.25) is 5.15 Å². The van der Waals surface area contributed by atoms with Gasteiger partial charge in [-0.3, -0.25) is 4.99 Å². The number of pyridine rings is 1. The number of nitrogens with zero attached hydrogens (tertiary/aromatic N) is 2. The number of hydrogen-bond acceptors (Lipinski definition) is 5. The first-order chi connectivity index (χ1) is 13.6. The Labute approximate surface area is 194 Å². The maximum absolute atomic E-state index is 5.80. The predicted octanol–water partition coefficient (Wildman–Crippen LogP) is 3.33. The fourth-order valence-corrected chi connectivity index (χ4v) is 2.89. The fraction of sp³-hybridized carbons (Fsp3) is 0.400. The van der Waals surface area contributed by atoms with Crippen LogP contribution in [0.1, 0.15) is 11.1 Å². The molecule has 160 valence electrons. The lowest BCUT2D eigenvalue weighted by Gasteiger charge is -2.16. The van der Waals surface area contributed by atoms with Crippen molar-refractivity contribution in [3.8, 4) is 17.2 Å². The van der Waals surface area contributed by atoms with Crippen LogP contribution in [-0.2, 0) is 12.8 Å². The molecule has 1 aromatic heterocycles. The molecule has 7 nitrogen and oxygen atoms in total. The van der Waals surface area contributed by atoms with E-state index >= 15 is 0 Å². The van der Waals surface area contributed by atoms with E-state index < -0.39 is 0 Å². The summed E-state index contributed by atoms with van der Waals surface area (Å²) in [5.74, 6) is 2.66. The summed E-state index contributed by atoms with van der Waals surface area (Å²) in [4.78, 5) is 8.33. The van der Waals surface area contributed by atoms with Crippen molar-refractivity contribution < 1.29 is 14.2 Å². The van der Waals surface area contributed by atoms with Gasteiger partial charge in [0.2, 0.25) is 5.75 Å². The first-order valence-corrected chi connectivity index (χ1v) is 9.33. The van der Waals surface area contributed by atoms with Gasteiger partial charge in [-0.15, -0.1) is 24.0 Å². The highest BCUT2D eigenvalue weighted by molar-refractivity contribution is 14.0. The van der Waals surface area contributed by atoms with E-state index in [9.17, 15) is 0 Å². The number of hydrogen-bond donors (Lipinski definition) is 2. The Morgan fingerprint density at radius 1 is 0.966 bits per heavy atom. The lowest BCUT2D eigenvalue weighted by molar-refractivity contribution is 0.322. The van der Waals surface area contributed by atoms with E-state index in [2.05, 4.69) is 20.6 Å². The summed E-state index contributed by atoms with van der Waals surface area (Å²) in [6, 6.07) is 7.62. The Kier molecular flexibility index (Phi) is 11.5. The zero-order chi connectivity index (χ0) is 20.4. The van der Waals surface area contributed by atoms with Crippen molar-refractivity contribution in [2.75, 3.05) is 41.5 Å². The second-order valence-corrected chi connectivity index (χ2v) is 6.30. The number of methoxy groups -OCH3 is 3. The van der Waals surface area contributed by atoms with Crippen molar-refractivity contribution in [1.82, 2.24) is 15.6 Å². The van der Waals surface area contributed by atoms with Crippen LogP contribution in [0.15, 0.2) is 35.5 Å². The summed E-state index contributed by atoms with van der Waals surface area (Å²) in [6.45, 7) is 1.43. The van der Waals surface area contributed by atoms with Gasteiger partial charge in [0.05, 0.1) is 21.3 Å². The van der Waals surface area contributed by atoms with Gasteiger partial charge in [-0.05, 0) is 30.5 Å². The van der Waals surface area contributed by atoms with Crippen LogP contribution in [0.25, 0.3) is 0 Å². The minimum absolute atomic E-state index is 0. The molecule has 0 radical (unpaired) electrons. The molecule has 1 aromatic carbocycles. The van der Waals surface area contributed by atoms with E-state index in [0.29, 0.717) is 28.9 Å². The molecule has 0 atom stereocenters. The minimum Gasteiger partial charge on any atom is -0.493 e. The highest BCUT2D eigenvalue weighted by atomic mass is 127. The van der Waals surface area contributed by atoms with E-state index in [0.717, 1.165) is 36.5 Å². The molecule has 2 N–H and O–H groups in total. The third-order valence-electron chi connectivity index (χ3n) is 4.19. The van der Waals surface area contributed by atoms with Gasteiger partial charge in [0.25, 0.3) is 0 Å². The number of nitrogens with one attached hydrogen (secondary N) is 2. The summed E-state index contributed by atoms with van der Waals surface area (Å²) in [7, 11) is 6.58. The van der Waals surface area contributed by atoms with Crippen LogP contribution in [0.5, 0.6) is 17.2 Å². The molecular weight excluding hydrogens is 507 g/mol. The number of rotatable bonds is 9. The Hall–Kier alpha value is -1.94. The molecule has 1 heterocycles. The SMILES string of the molecule is CN=C(NCCc1ccc(Cl)nc1)NCCc1ccc(OC)c(OC)c1OC.I. The van der Waals surface area contributed by atoms with E-state index in [1.807, 2.05) is 18.2 Å². The van der Waals surface area contributed by atoms with Crippen LogP contribution in [0.4, 0.5) is 0 Å². The second kappa shape index (κ2) is 13.3. The summed E-state index contributed by atoms with van der Waals surface area (Å²) in [5.41, 5.74) is 2.14. The molecule has 9 heteroatoms. The highest BCUT2D eigenvalue weighted by Crippen LogP contribution is 2.39. The molecule has 2 rings (SSSR count). The number of aliphatic imine (C=N–C) groups is 1. The van der Waals surface area contributed by atoms with Gasteiger partial charge in [-0.25, -0.2) is 4.98 Å². The van der Waals surface area contributed by atoms with Crippen LogP contribution < -0.4 is 24.8 Å². The summed E-state index contributed by atoms with van der Waals surface area (Å²) in [5, 5.41) is 7.10. The zero-order valence-corrected chi connectivity index (χ0v) is 20.2. The van der Waals surface area contributed by atoms with Crippen LogP contribution >= 0.6 is 35.6 Å². The normalized spacial score (nSPS) is 10.7. The van der Waals surface area contributed by atoms with Crippen molar-refractivity contribution in [3.63, 3.8) is 0 Å². The number of ether oxygens (including phenoxy) is 3. The third kappa shape index (κ3) is 7.43. The smallest absolute Gasteiger partial charge is 0.203 e. The third-order valence-corrected chi connectivity index (χ3v) is 4.41. The Bertz CT molecular complexity index is 788. The molecule has 0 fully saturated rings. The maximum Gasteiger partial charge on any atom is 0.203 e. The van der Waals surface area contributed by atoms with E-state index in [4.69, 9.17) is 25.8 Å². The minimum atomic E-state index is 0. The van der Waals surface area contributed by atoms with Crippen LogP contribution in [-0.4, -0.2) is 52.4 Å². The average molecular weight is 535 g/mol. The number of halogens is 2. The molecular formula is C20H28ClIN4O3. The van der Waals surface area contributed by atoms with Gasteiger partial charge in [0, 0.05) is 31.9 Å². The second-order valence-electron chi connectivity index (χ2n) is 5.91. The van der Waals surface area contributed by atoms with Crippen molar-refractivity contribution in [2.45, 2.75) is 12.8 Å². The maximum atomic E-state index is 5.80. The highest BCUT2D eigenvalue weighted by Gasteiger charge is 2.15. The lowest BCUT2D eigenvalue weighted by Crippen LogP contribution is -2.39. The lowest BCUT2D eigenvalue weighted by atomic mass is 10.1. The van der Waals surface area contributed by atoms with Crippen molar-refractivity contribution >= 4 is 41.5 Å². The summed E-state index contributed by atoms with van der Waals surface area (Å²) >= 11 is 5.80. The van der Waals surface area contributed by atoms with Crippen LogP contribution in [0, 0.1) is 0 Å². The van der Waals surface area contributed by atoms with Gasteiger partial charge in [-0.1, -0.05) is 23.7 Å². The van der Waals surface area contributed by atoms with Gasteiger partial charge in [-0.2, -0.15) is 0 Å². The first-order valence-electron chi connectivity index (χ1n) is 8.95. The molecule has 0 bridgehead atoms. The van der Waals surface area contributed by atoms with Gasteiger partial charge < -0.3 is 24.8 Å². The first kappa shape index (κ1) is 25.1. The van der Waals surface area contributed by atoms with Crippen molar-refractivity contribution in [3.05, 3.63) is 46.7 Å². The fourth-order valence-electron chi connectivity index (χ4n) is 2.78. The Balaban J connectivity index is 0.00000420. The summed E-state index contributed by atoms with van der Waals surface area (Å²) < 4.78 is 16.3. The molecule has 0 saturated carbocycles. The molecule has 0 saturated heterocycles. The molecule has 0 amide bonds. The summed E-state index contributed by atoms with van der Waals surface area (Å²) in [6.07, 6.45) is 3.35. The van der Waals surface area contributed by atoms with E-state index in [1.54, 1.807) is 40.6 Å². The standard InChI is InChI=1S/C20H27ClN4O3.HI/c1-22-20(23-11-9-14-5-8-17(21)25-13-14)24-12-10-15-6-7-16(26-2)19(28-4)18(15)27-3;/h5-8,13H,9-12H2,1-4H3,(H2,22,23,24);1H. The molecule has 0 unspecified atom stereocenters. The van der Waals surface area contributed by atoms with Gasteiger partial charge >= 0.3 is 0 Å². The quantitative estimate of drug-likeness (QED) is 0.222. The monoisotopic (exact) mass is 534 g/mol. The van der Waals surface area contributed by atoms with E-state index in [-0.39, 0.29) is 24.0 Å². The molecule has 0 aliphatic carbocycles. The Morgan fingerprint density at radius 3 is 2.21 bits per heavy atom. The van der Waals surface area contributed by atoms with Crippen LogP contribution in [0.3, 0.4) is 0 Å². The average Bonchev–Trinajstić information content (AvgIpc) is 2.73. The van der Waals surface area contributed by atoms with Crippen molar-refractivity contribution in [2.24, 2.45) is 4.99 Å². The van der Waals surface area contributed by atoms with E-state index in [1.165, 1.54) is 0 Å². The molecule has 0 aliphatic rings. The predicted molar refractivity (Wildman–Crippen MR) is 128 cm³/mol. The number of aromatic nitrogens is 1. The topological polar surface area (TPSA) is 77.0 Å². The number of benzene rings is 1.